The Kier molecular flexibility index (Phi) is 4.03. The molecule has 0 spiro atoms. The molecule has 0 bridgehead atoms. The van der Waals surface area contributed by atoms with Crippen LogP contribution in [0.3, 0.4) is 0 Å². The van der Waals surface area contributed by atoms with Gasteiger partial charge in [-0.3, -0.25) is 4.79 Å². The summed E-state index contributed by atoms with van der Waals surface area (Å²) < 4.78 is 0. The molecule has 2 unspecified atom stereocenters. The maximum Gasteiger partial charge on any atom is 0.226 e. The number of rotatable bonds is 3. The molecule has 18 heavy (non-hydrogen) atoms. The van der Waals surface area contributed by atoms with Gasteiger partial charge < -0.3 is 4.90 Å². The minimum atomic E-state index is 0.201. The second kappa shape index (κ2) is 5.22. The Hall–Kier alpha value is -0.530. The molecular weight excluding hydrogens is 222 g/mol. The van der Waals surface area contributed by atoms with Gasteiger partial charge in [0.25, 0.3) is 0 Å². The van der Waals surface area contributed by atoms with Crippen molar-refractivity contribution in [2.45, 2.75) is 72.4 Å². The zero-order valence-corrected chi connectivity index (χ0v) is 12.6. The SMILES string of the molecule is CC(C)C(C(=O)N1C2CCCC2C[C@H]1C)C(C)C. The molecule has 1 saturated carbocycles. The van der Waals surface area contributed by atoms with Crippen LogP contribution in [0.5, 0.6) is 0 Å². The van der Waals surface area contributed by atoms with Crippen molar-refractivity contribution in [3.05, 3.63) is 0 Å². The van der Waals surface area contributed by atoms with E-state index < -0.39 is 0 Å². The molecule has 3 atom stereocenters. The number of carbonyl (C=O) groups excluding carboxylic acids is 1. The summed E-state index contributed by atoms with van der Waals surface area (Å²) in [6, 6.07) is 1.03. The zero-order chi connectivity index (χ0) is 13.4. The third-order valence-corrected chi connectivity index (χ3v) is 5.07. The summed E-state index contributed by atoms with van der Waals surface area (Å²) in [6.07, 6.45) is 5.13. The minimum Gasteiger partial charge on any atom is -0.336 e. The maximum atomic E-state index is 12.9. The molecule has 0 aromatic carbocycles. The number of hydrogen-bond acceptors (Lipinski definition) is 1. The van der Waals surface area contributed by atoms with E-state index >= 15 is 0 Å². The molecule has 2 aliphatic rings. The van der Waals surface area contributed by atoms with E-state index in [1.807, 2.05) is 0 Å². The van der Waals surface area contributed by atoms with Crippen LogP contribution in [0.2, 0.25) is 0 Å². The lowest BCUT2D eigenvalue weighted by Crippen LogP contribution is -2.46. The van der Waals surface area contributed by atoms with E-state index in [1.165, 1.54) is 25.7 Å². The fraction of sp³-hybridized carbons (Fsp3) is 0.938. The fourth-order valence-electron chi connectivity index (χ4n) is 4.43. The summed E-state index contributed by atoms with van der Waals surface area (Å²) in [7, 11) is 0. The Balaban J connectivity index is 2.16. The van der Waals surface area contributed by atoms with Gasteiger partial charge in [0.15, 0.2) is 0 Å². The van der Waals surface area contributed by atoms with Gasteiger partial charge in [-0.1, -0.05) is 34.1 Å². The van der Waals surface area contributed by atoms with E-state index in [0.717, 1.165) is 5.92 Å². The molecule has 2 fully saturated rings. The first-order valence-electron chi connectivity index (χ1n) is 7.75. The second-order valence-electron chi connectivity index (χ2n) is 7.10. The molecule has 1 saturated heterocycles. The Bertz CT molecular complexity index is 302. The molecule has 104 valence electrons. The number of amides is 1. The molecule has 2 rings (SSSR count). The highest BCUT2D eigenvalue weighted by molar-refractivity contribution is 5.80. The van der Waals surface area contributed by atoms with Crippen molar-refractivity contribution in [1.29, 1.82) is 0 Å². The average molecular weight is 251 g/mol. The monoisotopic (exact) mass is 251 g/mol. The number of likely N-dealkylation sites (tertiary alicyclic amines) is 1. The lowest BCUT2D eigenvalue weighted by molar-refractivity contribution is -0.141. The van der Waals surface area contributed by atoms with Crippen LogP contribution in [-0.4, -0.2) is 22.9 Å². The lowest BCUT2D eigenvalue weighted by Gasteiger charge is -2.35. The van der Waals surface area contributed by atoms with Crippen molar-refractivity contribution >= 4 is 5.91 Å². The van der Waals surface area contributed by atoms with Crippen LogP contribution in [-0.2, 0) is 4.79 Å². The van der Waals surface area contributed by atoms with E-state index in [9.17, 15) is 4.79 Å². The van der Waals surface area contributed by atoms with E-state index in [1.54, 1.807) is 0 Å². The minimum absolute atomic E-state index is 0.201. The van der Waals surface area contributed by atoms with Gasteiger partial charge in [0.1, 0.15) is 0 Å². The first-order chi connectivity index (χ1) is 8.43. The first kappa shape index (κ1) is 13.9. The molecule has 1 aliphatic carbocycles. The third-order valence-electron chi connectivity index (χ3n) is 5.07. The summed E-state index contributed by atoms with van der Waals surface area (Å²) in [5, 5.41) is 0. The molecule has 0 N–H and O–H groups in total. The summed E-state index contributed by atoms with van der Waals surface area (Å²) in [6.45, 7) is 11.0. The van der Waals surface area contributed by atoms with Gasteiger partial charge in [-0.15, -0.1) is 0 Å². The highest BCUT2D eigenvalue weighted by Crippen LogP contribution is 2.42. The van der Waals surface area contributed by atoms with Crippen molar-refractivity contribution in [3.8, 4) is 0 Å². The van der Waals surface area contributed by atoms with Crippen LogP contribution >= 0.6 is 0 Å². The van der Waals surface area contributed by atoms with Crippen LogP contribution < -0.4 is 0 Å². The van der Waals surface area contributed by atoms with Crippen LogP contribution in [0.4, 0.5) is 0 Å². The number of fused-ring (bicyclic) bond motifs is 1. The van der Waals surface area contributed by atoms with Crippen molar-refractivity contribution in [1.82, 2.24) is 4.90 Å². The molecule has 1 heterocycles. The summed E-state index contributed by atoms with van der Waals surface area (Å²) in [5.41, 5.74) is 0. The highest BCUT2D eigenvalue weighted by atomic mass is 16.2. The van der Waals surface area contributed by atoms with E-state index in [-0.39, 0.29) is 5.92 Å². The van der Waals surface area contributed by atoms with Crippen molar-refractivity contribution < 1.29 is 4.79 Å². The lowest BCUT2D eigenvalue weighted by atomic mass is 9.84. The predicted molar refractivity (Wildman–Crippen MR) is 75.2 cm³/mol. The smallest absolute Gasteiger partial charge is 0.226 e. The van der Waals surface area contributed by atoms with Crippen molar-refractivity contribution in [2.24, 2.45) is 23.7 Å². The van der Waals surface area contributed by atoms with Crippen molar-refractivity contribution in [2.75, 3.05) is 0 Å². The topological polar surface area (TPSA) is 20.3 Å². The second-order valence-corrected chi connectivity index (χ2v) is 7.10. The van der Waals surface area contributed by atoms with E-state index in [2.05, 4.69) is 39.5 Å². The molecule has 0 radical (unpaired) electrons. The number of nitrogens with zero attached hydrogens (tertiary/aromatic N) is 1. The van der Waals surface area contributed by atoms with E-state index in [0.29, 0.717) is 29.8 Å². The Morgan fingerprint density at radius 1 is 1.11 bits per heavy atom. The molecule has 1 amide bonds. The predicted octanol–water partition coefficient (Wildman–Crippen LogP) is 3.70. The molecule has 2 heteroatoms. The van der Waals surface area contributed by atoms with Gasteiger partial charge in [0.05, 0.1) is 0 Å². The molecular formula is C16H29NO. The Morgan fingerprint density at radius 3 is 2.28 bits per heavy atom. The van der Waals surface area contributed by atoms with E-state index in [4.69, 9.17) is 0 Å². The quantitative estimate of drug-likeness (QED) is 0.749. The number of carbonyl (C=O) groups is 1. The molecule has 1 aliphatic heterocycles. The molecule has 2 nitrogen and oxygen atoms in total. The number of hydrogen-bond donors (Lipinski definition) is 0. The zero-order valence-electron chi connectivity index (χ0n) is 12.6. The van der Waals surface area contributed by atoms with Crippen molar-refractivity contribution in [3.63, 3.8) is 0 Å². The van der Waals surface area contributed by atoms with Crippen LogP contribution in [0.1, 0.15) is 60.3 Å². The van der Waals surface area contributed by atoms with Crippen LogP contribution in [0.25, 0.3) is 0 Å². The van der Waals surface area contributed by atoms with Gasteiger partial charge in [-0.2, -0.15) is 0 Å². The Morgan fingerprint density at radius 2 is 1.72 bits per heavy atom. The first-order valence-corrected chi connectivity index (χ1v) is 7.75. The maximum absolute atomic E-state index is 12.9. The Labute approximate surface area is 112 Å². The van der Waals surface area contributed by atoms with Crippen LogP contribution in [0, 0.1) is 23.7 Å². The van der Waals surface area contributed by atoms with Crippen LogP contribution in [0.15, 0.2) is 0 Å². The largest absolute Gasteiger partial charge is 0.336 e. The van der Waals surface area contributed by atoms with Gasteiger partial charge in [-0.25, -0.2) is 0 Å². The van der Waals surface area contributed by atoms with Gasteiger partial charge in [-0.05, 0) is 43.9 Å². The standard InChI is InChI=1S/C16H29NO/c1-10(2)15(11(3)4)16(18)17-12(5)9-13-7-6-8-14(13)17/h10-15H,6-9H2,1-5H3/t12-,13?,14?/m1/s1. The average Bonchev–Trinajstić information content (AvgIpc) is 2.74. The normalized spacial score (nSPS) is 31.8. The van der Waals surface area contributed by atoms with Gasteiger partial charge >= 0.3 is 0 Å². The van der Waals surface area contributed by atoms with Gasteiger partial charge in [0, 0.05) is 18.0 Å². The summed E-state index contributed by atoms with van der Waals surface area (Å²) >= 11 is 0. The molecule has 0 aromatic heterocycles. The fourth-order valence-corrected chi connectivity index (χ4v) is 4.43. The molecule has 0 aromatic rings. The third kappa shape index (κ3) is 2.31. The summed E-state index contributed by atoms with van der Waals surface area (Å²) in [4.78, 5) is 15.2. The highest BCUT2D eigenvalue weighted by Gasteiger charge is 2.46. The van der Waals surface area contributed by atoms with Gasteiger partial charge in [0.2, 0.25) is 5.91 Å². The summed E-state index contributed by atoms with van der Waals surface area (Å²) in [5.74, 6) is 2.33.